The topological polar surface area (TPSA) is 70.4 Å². The van der Waals surface area contributed by atoms with Crippen molar-refractivity contribution in [2.24, 2.45) is 12.0 Å². The van der Waals surface area contributed by atoms with Gasteiger partial charge in [0.05, 0.1) is 0 Å². The van der Waals surface area contributed by atoms with Gasteiger partial charge in [0.1, 0.15) is 12.4 Å². The summed E-state index contributed by atoms with van der Waals surface area (Å²) in [5.41, 5.74) is 0.120. The fourth-order valence-electron chi connectivity index (χ4n) is 3.21. The molecule has 0 saturated carbocycles. The minimum Gasteiger partial charge on any atom is -0.356 e. The summed E-state index contributed by atoms with van der Waals surface area (Å²) in [6, 6.07) is 0. The molecule has 27 heavy (non-hydrogen) atoms. The van der Waals surface area contributed by atoms with Gasteiger partial charge in [0.15, 0.2) is 11.8 Å². The first-order chi connectivity index (χ1) is 12.4. The van der Waals surface area contributed by atoms with Gasteiger partial charge in [-0.1, -0.05) is 19.8 Å². The summed E-state index contributed by atoms with van der Waals surface area (Å²) in [6.45, 7) is 13.5. The van der Waals surface area contributed by atoms with Gasteiger partial charge in [0, 0.05) is 25.7 Å². The molecule has 0 radical (unpaired) electrons. The number of unbranched alkanes of at least 4 members (excludes halogenated alkanes) is 1. The molecule has 8 heteroatoms. The molecular weight excluding hydrogens is 453 g/mol. The second-order valence-electron chi connectivity index (χ2n) is 7.88. The van der Waals surface area contributed by atoms with E-state index < -0.39 is 0 Å². The Hall–Kier alpha value is -0.900. The number of piperidine rings is 1. The first-order valence-corrected chi connectivity index (χ1v) is 10.1. The molecule has 0 unspecified atom stereocenters. The van der Waals surface area contributed by atoms with Gasteiger partial charge in [-0.3, -0.25) is 4.90 Å². The van der Waals surface area contributed by atoms with Gasteiger partial charge in [-0.2, -0.15) is 0 Å². The van der Waals surface area contributed by atoms with E-state index in [2.05, 4.69) is 46.5 Å². The van der Waals surface area contributed by atoms with Gasteiger partial charge >= 0.3 is 0 Å². The molecule has 0 spiro atoms. The van der Waals surface area contributed by atoms with Crippen molar-refractivity contribution in [2.45, 2.75) is 71.9 Å². The van der Waals surface area contributed by atoms with Gasteiger partial charge < -0.3 is 15.2 Å². The minimum absolute atomic E-state index is 0. The fourth-order valence-corrected chi connectivity index (χ4v) is 3.21. The third-order valence-corrected chi connectivity index (χ3v) is 5.28. The SMILES string of the molecule is CCCCNC(=NCc1nnc(C)n1C)NCC(C)(C)N1CCCCC1.I. The van der Waals surface area contributed by atoms with Gasteiger partial charge in [-0.15, -0.1) is 34.2 Å². The van der Waals surface area contributed by atoms with Crippen LogP contribution in [0.2, 0.25) is 0 Å². The smallest absolute Gasteiger partial charge is 0.191 e. The van der Waals surface area contributed by atoms with Crippen molar-refractivity contribution in [1.82, 2.24) is 30.3 Å². The van der Waals surface area contributed by atoms with Crippen LogP contribution in [0.15, 0.2) is 4.99 Å². The third kappa shape index (κ3) is 7.56. The highest BCUT2D eigenvalue weighted by molar-refractivity contribution is 14.0. The minimum atomic E-state index is 0. The molecule has 1 aliphatic heterocycles. The van der Waals surface area contributed by atoms with E-state index in [0.717, 1.165) is 37.1 Å². The lowest BCUT2D eigenvalue weighted by Crippen LogP contribution is -2.55. The van der Waals surface area contributed by atoms with Crippen LogP contribution in [-0.2, 0) is 13.6 Å². The number of hydrogen-bond donors (Lipinski definition) is 2. The standard InChI is InChI=1S/C19H37N7.HI/c1-6-7-11-20-18(21-14-17-24-23-16(2)25(17)5)22-15-19(3,4)26-12-9-8-10-13-26;/h6-15H2,1-5H3,(H2,20,21,22);1H. The second-order valence-corrected chi connectivity index (χ2v) is 7.88. The summed E-state index contributed by atoms with van der Waals surface area (Å²) in [5.74, 6) is 2.66. The van der Waals surface area contributed by atoms with Crippen molar-refractivity contribution in [3.63, 3.8) is 0 Å². The summed E-state index contributed by atoms with van der Waals surface area (Å²) in [6.07, 6.45) is 6.29. The van der Waals surface area contributed by atoms with E-state index in [1.54, 1.807) is 0 Å². The largest absolute Gasteiger partial charge is 0.356 e. The number of halogens is 1. The number of likely N-dealkylation sites (tertiary alicyclic amines) is 1. The Morgan fingerprint density at radius 1 is 1.15 bits per heavy atom. The molecule has 2 heterocycles. The molecule has 1 fully saturated rings. The average molecular weight is 491 g/mol. The lowest BCUT2D eigenvalue weighted by molar-refractivity contribution is 0.0982. The number of aryl methyl sites for hydroxylation is 1. The number of nitrogens with zero attached hydrogens (tertiary/aromatic N) is 5. The van der Waals surface area contributed by atoms with Crippen LogP contribution in [0, 0.1) is 6.92 Å². The summed E-state index contributed by atoms with van der Waals surface area (Å²) >= 11 is 0. The molecule has 1 saturated heterocycles. The van der Waals surface area contributed by atoms with Crippen molar-refractivity contribution in [3.8, 4) is 0 Å². The Labute approximate surface area is 181 Å². The Morgan fingerprint density at radius 2 is 1.85 bits per heavy atom. The molecule has 2 rings (SSSR count). The van der Waals surface area contributed by atoms with Crippen molar-refractivity contribution >= 4 is 29.9 Å². The van der Waals surface area contributed by atoms with E-state index >= 15 is 0 Å². The van der Waals surface area contributed by atoms with Crippen molar-refractivity contribution < 1.29 is 0 Å². The van der Waals surface area contributed by atoms with Crippen LogP contribution in [0.25, 0.3) is 0 Å². The van der Waals surface area contributed by atoms with Crippen LogP contribution in [0.3, 0.4) is 0 Å². The lowest BCUT2D eigenvalue weighted by atomic mass is 9.98. The van der Waals surface area contributed by atoms with Gasteiger partial charge in [0.25, 0.3) is 0 Å². The molecule has 156 valence electrons. The van der Waals surface area contributed by atoms with Gasteiger partial charge in [-0.25, -0.2) is 4.99 Å². The molecule has 2 N–H and O–H groups in total. The molecule has 0 aliphatic carbocycles. The molecule has 0 bridgehead atoms. The summed E-state index contributed by atoms with van der Waals surface area (Å²) < 4.78 is 1.99. The number of hydrogen-bond acceptors (Lipinski definition) is 4. The van der Waals surface area contributed by atoms with Crippen molar-refractivity contribution in [1.29, 1.82) is 0 Å². The first kappa shape index (κ1) is 24.1. The molecule has 7 nitrogen and oxygen atoms in total. The predicted octanol–water partition coefficient (Wildman–Crippen LogP) is 2.84. The van der Waals surface area contributed by atoms with E-state index in [0.29, 0.717) is 6.54 Å². The molecule has 0 aromatic carbocycles. The number of aliphatic imine (C=N–C) groups is 1. The number of aromatic nitrogens is 3. The first-order valence-electron chi connectivity index (χ1n) is 10.1. The van der Waals surface area contributed by atoms with Crippen LogP contribution < -0.4 is 10.6 Å². The molecule has 1 aliphatic rings. The van der Waals surface area contributed by atoms with Crippen molar-refractivity contribution in [3.05, 3.63) is 11.6 Å². The van der Waals surface area contributed by atoms with Crippen LogP contribution in [0.5, 0.6) is 0 Å². The normalized spacial score (nSPS) is 16.1. The Morgan fingerprint density at radius 3 is 2.44 bits per heavy atom. The molecular formula is C19H38IN7. The van der Waals surface area contributed by atoms with E-state index in [9.17, 15) is 0 Å². The number of nitrogens with one attached hydrogen (secondary N) is 2. The quantitative estimate of drug-likeness (QED) is 0.253. The highest BCUT2D eigenvalue weighted by Gasteiger charge is 2.27. The zero-order chi connectivity index (χ0) is 19.0. The molecule has 1 aromatic rings. The van der Waals surface area contributed by atoms with E-state index in [1.807, 2.05) is 18.5 Å². The molecule has 1 aromatic heterocycles. The highest BCUT2D eigenvalue weighted by atomic mass is 127. The summed E-state index contributed by atoms with van der Waals surface area (Å²) in [5, 5.41) is 15.3. The van der Waals surface area contributed by atoms with Crippen LogP contribution in [0.1, 0.15) is 64.5 Å². The molecule has 0 amide bonds. The van der Waals surface area contributed by atoms with Crippen LogP contribution >= 0.6 is 24.0 Å². The average Bonchev–Trinajstić information content (AvgIpc) is 2.96. The Bertz CT molecular complexity index is 577. The summed E-state index contributed by atoms with van der Waals surface area (Å²) in [7, 11) is 1.98. The van der Waals surface area contributed by atoms with E-state index in [4.69, 9.17) is 4.99 Å². The zero-order valence-corrected chi connectivity index (χ0v) is 20.0. The third-order valence-electron chi connectivity index (χ3n) is 5.28. The highest BCUT2D eigenvalue weighted by Crippen LogP contribution is 2.19. The maximum Gasteiger partial charge on any atom is 0.191 e. The van der Waals surface area contributed by atoms with Gasteiger partial charge in [-0.05, 0) is 53.1 Å². The second kappa shape index (κ2) is 11.8. The van der Waals surface area contributed by atoms with Crippen LogP contribution in [0.4, 0.5) is 0 Å². The predicted molar refractivity (Wildman–Crippen MR) is 123 cm³/mol. The Kier molecular flexibility index (Phi) is 10.6. The van der Waals surface area contributed by atoms with E-state index in [1.165, 1.54) is 38.8 Å². The zero-order valence-electron chi connectivity index (χ0n) is 17.7. The number of guanidine groups is 1. The Balaban J connectivity index is 0.00000364. The van der Waals surface area contributed by atoms with Gasteiger partial charge in [0.2, 0.25) is 0 Å². The van der Waals surface area contributed by atoms with E-state index in [-0.39, 0.29) is 29.5 Å². The monoisotopic (exact) mass is 491 g/mol. The summed E-state index contributed by atoms with van der Waals surface area (Å²) in [4.78, 5) is 7.34. The molecule has 0 atom stereocenters. The maximum absolute atomic E-state index is 4.74. The maximum atomic E-state index is 4.74. The lowest BCUT2D eigenvalue weighted by Gasteiger charge is -2.41. The van der Waals surface area contributed by atoms with Crippen LogP contribution in [-0.4, -0.2) is 57.3 Å². The van der Waals surface area contributed by atoms with Crippen molar-refractivity contribution in [2.75, 3.05) is 26.2 Å². The number of rotatable bonds is 8. The fraction of sp³-hybridized carbons (Fsp3) is 0.842.